The van der Waals surface area contributed by atoms with Crippen molar-refractivity contribution in [1.82, 2.24) is 19.7 Å². The highest BCUT2D eigenvalue weighted by Gasteiger charge is 2.29. The first-order valence-corrected chi connectivity index (χ1v) is 13.7. The second-order valence-corrected chi connectivity index (χ2v) is 12.4. The molecule has 1 aliphatic rings. The maximum atomic E-state index is 13.4. The van der Waals surface area contributed by atoms with E-state index in [4.69, 9.17) is 10.5 Å². The number of nitrogens with one attached hydrogen (secondary N) is 1. The summed E-state index contributed by atoms with van der Waals surface area (Å²) in [7, 11) is -3.83. The Morgan fingerprint density at radius 2 is 1.77 bits per heavy atom. The van der Waals surface area contributed by atoms with Crippen molar-refractivity contribution in [3.63, 3.8) is 0 Å². The van der Waals surface area contributed by atoms with Crippen molar-refractivity contribution in [3.8, 4) is 21.6 Å². The van der Waals surface area contributed by atoms with E-state index >= 15 is 0 Å². The second-order valence-electron chi connectivity index (χ2n) is 9.67. The second kappa shape index (κ2) is 10.00. The summed E-state index contributed by atoms with van der Waals surface area (Å²) in [6, 6.07) is 5.35. The molecule has 2 aromatic heterocycles. The van der Waals surface area contributed by atoms with Gasteiger partial charge in [-0.3, -0.25) is 0 Å². The Morgan fingerprint density at radius 1 is 1.09 bits per heavy atom. The minimum absolute atomic E-state index is 0.155. The third-order valence-electron chi connectivity index (χ3n) is 5.70. The molecule has 0 bridgehead atoms. The fourth-order valence-electron chi connectivity index (χ4n) is 4.23. The smallest absolute Gasteiger partial charge is 0.404 e. The molecule has 0 saturated heterocycles. The molecule has 2 heterocycles. The molecule has 35 heavy (non-hydrogen) atoms. The summed E-state index contributed by atoms with van der Waals surface area (Å²) >= 11 is 1.50. The van der Waals surface area contributed by atoms with Gasteiger partial charge in [-0.15, -0.1) is 11.3 Å². The summed E-state index contributed by atoms with van der Waals surface area (Å²) in [5, 5.41) is 0.949. The first-order valence-electron chi connectivity index (χ1n) is 11.4. The summed E-state index contributed by atoms with van der Waals surface area (Å²) < 4.78 is 34.8. The van der Waals surface area contributed by atoms with E-state index < -0.39 is 21.7 Å². The number of carbonyl (C=O) groups is 1. The highest BCUT2D eigenvalue weighted by atomic mass is 32.2. The molecular formula is C24H29N5O4S2. The molecule has 0 radical (unpaired) electrons. The van der Waals surface area contributed by atoms with E-state index in [0.29, 0.717) is 11.1 Å². The van der Waals surface area contributed by atoms with E-state index in [1.54, 1.807) is 24.7 Å². The number of hydrogen-bond acceptors (Lipinski definition) is 8. The van der Waals surface area contributed by atoms with Crippen molar-refractivity contribution in [3.05, 3.63) is 48.1 Å². The highest BCUT2D eigenvalue weighted by molar-refractivity contribution is 7.89. The van der Waals surface area contributed by atoms with Gasteiger partial charge in [0.05, 0.1) is 14.8 Å². The van der Waals surface area contributed by atoms with Crippen LogP contribution in [0.4, 0.5) is 4.79 Å². The lowest BCUT2D eigenvalue weighted by Crippen LogP contribution is -2.40. The molecular weight excluding hydrogens is 486 g/mol. The average Bonchev–Trinajstić information content (AvgIpc) is 3.28. The van der Waals surface area contributed by atoms with Crippen molar-refractivity contribution < 1.29 is 17.9 Å². The van der Waals surface area contributed by atoms with Gasteiger partial charge in [0.1, 0.15) is 12.4 Å². The lowest BCUT2D eigenvalue weighted by Gasteiger charge is -2.26. The van der Waals surface area contributed by atoms with Gasteiger partial charge in [0.15, 0.2) is 0 Å². The van der Waals surface area contributed by atoms with Gasteiger partial charge in [0.2, 0.25) is 10.0 Å². The normalized spacial score (nSPS) is 18.8. The molecule has 1 amide bonds. The quantitative estimate of drug-likeness (QED) is 0.494. The van der Waals surface area contributed by atoms with Crippen LogP contribution in [0.2, 0.25) is 0 Å². The zero-order valence-corrected chi connectivity index (χ0v) is 21.5. The van der Waals surface area contributed by atoms with Crippen LogP contribution in [0.1, 0.15) is 57.4 Å². The number of nitrogens with two attached hydrogens (primary N) is 1. The zero-order chi connectivity index (χ0) is 25.2. The third kappa shape index (κ3) is 6.22. The molecule has 3 N–H and O–H groups in total. The van der Waals surface area contributed by atoms with Crippen molar-refractivity contribution in [1.29, 1.82) is 0 Å². The van der Waals surface area contributed by atoms with Gasteiger partial charge in [-0.25, -0.2) is 32.9 Å². The van der Waals surface area contributed by atoms with Crippen LogP contribution in [0, 0.1) is 0 Å². The van der Waals surface area contributed by atoms with E-state index in [0.717, 1.165) is 41.1 Å². The molecule has 0 atom stereocenters. The molecule has 9 nitrogen and oxygen atoms in total. The average molecular weight is 516 g/mol. The van der Waals surface area contributed by atoms with Crippen LogP contribution >= 0.6 is 11.3 Å². The fraction of sp³-hybridized carbons (Fsp3) is 0.417. The lowest BCUT2D eigenvalue weighted by atomic mass is 9.88. The number of nitrogens with zero attached hydrogens (tertiary/aromatic N) is 3. The number of amides is 1. The van der Waals surface area contributed by atoms with E-state index in [1.165, 1.54) is 17.7 Å². The van der Waals surface area contributed by atoms with Crippen LogP contribution in [0.5, 0.6) is 0 Å². The van der Waals surface area contributed by atoms with Gasteiger partial charge in [0, 0.05) is 41.2 Å². The minimum atomic E-state index is -3.83. The summed E-state index contributed by atoms with van der Waals surface area (Å²) in [6.45, 7) is 5.42. The van der Waals surface area contributed by atoms with E-state index in [-0.39, 0.29) is 16.9 Å². The largest absolute Gasteiger partial charge is 0.446 e. The van der Waals surface area contributed by atoms with Crippen LogP contribution in [-0.4, -0.2) is 41.1 Å². The van der Waals surface area contributed by atoms with Gasteiger partial charge in [0.25, 0.3) is 0 Å². The maximum Gasteiger partial charge on any atom is 0.404 e. The maximum absolute atomic E-state index is 13.4. The van der Waals surface area contributed by atoms with Crippen LogP contribution in [0.25, 0.3) is 21.6 Å². The van der Waals surface area contributed by atoms with Crippen LogP contribution in [0.15, 0.2) is 48.0 Å². The number of carbonyl (C=O) groups excluding carboxylic acids is 1. The monoisotopic (exact) mass is 515 g/mol. The summed E-state index contributed by atoms with van der Waals surface area (Å²) in [5.74, 6) is 0.231. The number of sulfonamides is 1. The van der Waals surface area contributed by atoms with Crippen molar-refractivity contribution in [2.24, 2.45) is 5.73 Å². The van der Waals surface area contributed by atoms with Gasteiger partial charge in [-0.2, -0.15) is 0 Å². The Morgan fingerprint density at radius 3 is 2.40 bits per heavy atom. The van der Waals surface area contributed by atoms with Crippen LogP contribution < -0.4 is 10.5 Å². The Balaban J connectivity index is 1.67. The van der Waals surface area contributed by atoms with E-state index in [2.05, 4.69) is 19.7 Å². The minimum Gasteiger partial charge on any atom is -0.446 e. The Hall–Kier alpha value is -2.89. The Kier molecular flexibility index (Phi) is 7.20. The van der Waals surface area contributed by atoms with Gasteiger partial charge in [-0.05, 0) is 58.1 Å². The molecule has 0 spiro atoms. The van der Waals surface area contributed by atoms with Gasteiger partial charge < -0.3 is 10.5 Å². The van der Waals surface area contributed by atoms with Gasteiger partial charge >= 0.3 is 6.09 Å². The predicted octanol–water partition coefficient (Wildman–Crippen LogP) is 4.47. The summed E-state index contributed by atoms with van der Waals surface area (Å²) in [4.78, 5) is 24.7. The third-order valence-corrected chi connectivity index (χ3v) is 8.69. The summed E-state index contributed by atoms with van der Waals surface area (Å²) in [5.41, 5.74) is 6.52. The molecule has 1 saturated carbocycles. The number of rotatable bonds is 6. The number of thiazole rings is 1. The van der Waals surface area contributed by atoms with E-state index in [9.17, 15) is 13.2 Å². The molecule has 1 aliphatic carbocycles. The number of primary amides is 1. The van der Waals surface area contributed by atoms with Crippen LogP contribution in [-0.2, 0) is 14.8 Å². The molecule has 1 aromatic carbocycles. The van der Waals surface area contributed by atoms with Gasteiger partial charge in [-0.1, -0.05) is 12.1 Å². The molecule has 186 valence electrons. The van der Waals surface area contributed by atoms with Crippen molar-refractivity contribution >= 4 is 27.5 Å². The summed E-state index contributed by atoms with van der Waals surface area (Å²) in [6.07, 6.45) is 8.69. The van der Waals surface area contributed by atoms with Crippen molar-refractivity contribution in [2.45, 2.75) is 68.9 Å². The lowest BCUT2D eigenvalue weighted by molar-refractivity contribution is 0.0787. The zero-order valence-electron chi connectivity index (χ0n) is 19.9. The highest BCUT2D eigenvalue weighted by Crippen LogP contribution is 2.40. The first-order chi connectivity index (χ1) is 16.5. The van der Waals surface area contributed by atoms with Crippen LogP contribution in [0.3, 0.4) is 0 Å². The fourth-order valence-corrected chi connectivity index (χ4v) is 7.08. The number of hydrogen-bond donors (Lipinski definition) is 2. The Labute approximate surface area is 209 Å². The SMILES string of the molecule is CC(C)(C)NS(=O)(=O)c1cc(-c2cncnc2)ccc1-c1cnc([C@H]2CC[C@H](OC(N)=O)CC2)s1. The predicted molar refractivity (Wildman–Crippen MR) is 134 cm³/mol. The molecule has 11 heteroatoms. The number of ether oxygens (including phenoxy) is 1. The number of aromatic nitrogens is 3. The Bertz CT molecular complexity index is 1290. The first kappa shape index (κ1) is 25.2. The topological polar surface area (TPSA) is 137 Å². The molecule has 1 fully saturated rings. The number of benzene rings is 1. The standard InChI is InChI=1S/C24H29N5O4S2/c1-24(2,3)29-35(31,32)21-10-16(17-11-26-14-27-12-17)6-9-19(21)20-13-28-22(34-20)15-4-7-18(8-5-15)33-23(25)30/h6,9-15,18,29H,4-5,7-8H2,1-3H3,(H2,25,30)/t15-,18-. The molecule has 0 aliphatic heterocycles. The van der Waals surface area contributed by atoms with E-state index in [1.807, 2.05) is 32.9 Å². The molecule has 0 unspecified atom stereocenters. The van der Waals surface area contributed by atoms with Crippen molar-refractivity contribution in [2.75, 3.05) is 0 Å². The molecule has 3 aromatic rings. The molecule has 4 rings (SSSR count).